The van der Waals surface area contributed by atoms with Crippen LogP contribution in [-0.2, 0) is 21.1 Å². The Kier molecular flexibility index (Phi) is 2.60. The van der Waals surface area contributed by atoms with Gasteiger partial charge in [-0.15, -0.1) is 0 Å². The van der Waals surface area contributed by atoms with Crippen LogP contribution in [0.5, 0.6) is 0 Å². The van der Waals surface area contributed by atoms with Gasteiger partial charge in [0.05, 0.1) is 17.9 Å². The van der Waals surface area contributed by atoms with Gasteiger partial charge in [0.1, 0.15) is 11.6 Å². The van der Waals surface area contributed by atoms with Crippen molar-refractivity contribution in [3.63, 3.8) is 0 Å². The van der Waals surface area contributed by atoms with Crippen LogP contribution < -0.4 is 0 Å². The quantitative estimate of drug-likeness (QED) is 0.787. The van der Waals surface area contributed by atoms with Crippen molar-refractivity contribution in [2.45, 2.75) is 12.8 Å². The van der Waals surface area contributed by atoms with Gasteiger partial charge in [-0.05, 0) is 6.42 Å². The van der Waals surface area contributed by atoms with Gasteiger partial charge >= 0.3 is 0 Å². The molecule has 0 aromatic carbocycles. The third-order valence-electron chi connectivity index (χ3n) is 2.58. The molecule has 1 aromatic heterocycles. The molecule has 15 heavy (non-hydrogen) atoms. The highest BCUT2D eigenvalue weighted by Crippen LogP contribution is 2.20. The molecule has 1 aliphatic heterocycles. The molecule has 82 valence electrons. The number of H-pyrrole nitrogens is 1. The molecule has 1 atom stereocenters. The van der Waals surface area contributed by atoms with Gasteiger partial charge in [0, 0.05) is 18.3 Å². The predicted molar refractivity (Wildman–Crippen MR) is 54.1 cm³/mol. The number of hydrogen-bond acceptors (Lipinski definition) is 4. The average molecular weight is 228 g/mol. The molecular formula is C9H12N2O3S. The first-order chi connectivity index (χ1) is 7.07. The van der Waals surface area contributed by atoms with Crippen LogP contribution in [0.3, 0.4) is 0 Å². The van der Waals surface area contributed by atoms with Crippen LogP contribution >= 0.6 is 0 Å². The van der Waals surface area contributed by atoms with E-state index in [-0.39, 0.29) is 29.6 Å². The molecule has 2 rings (SSSR count). The van der Waals surface area contributed by atoms with E-state index < -0.39 is 9.84 Å². The molecule has 5 nitrogen and oxygen atoms in total. The molecule has 0 radical (unpaired) electrons. The van der Waals surface area contributed by atoms with Crippen LogP contribution in [0, 0.1) is 5.92 Å². The van der Waals surface area contributed by atoms with Crippen LogP contribution in [-0.4, -0.2) is 35.7 Å². The van der Waals surface area contributed by atoms with E-state index in [2.05, 4.69) is 9.97 Å². The molecule has 1 aromatic rings. The van der Waals surface area contributed by atoms with Gasteiger partial charge in [0.15, 0.2) is 9.84 Å². The molecule has 0 saturated carbocycles. The lowest BCUT2D eigenvalue weighted by Gasteiger charge is -2.03. The fourth-order valence-corrected chi connectivity index (χ4v) is 3.53. The lowest BCUT2D eigenvalue weighted by Crippen LogP contribution is -2.18. The van der Waals surface area contributed by atoms with Gasteiger partial charge in [-0.1, -0.05) is 0 Å². The second kappa shape index (κ2) is 3.77. The molecule has 0 spiro atoms. The maximum absolute atomic E-state index is 11.7. The Morgan fingerprint density at radius 2 is 2.40 bits per heavy atom. The minimum atomic E-state index is -2.97. The lowest BCUT2D eigenvalue weighted by molar-refractivity contribution is -0.121. The monoisotopic (exact) mass is 228 g/mol. The number of nitrogens with one attached hydrogen (secondary N) is 1. The number of rotatable bonds is 3. The average Bonchev–Trinajstić information content (AvgIpc) is 2.74. The number of sulfone groups is 1. The van der Waals surface area contributed by atoms with Gasteiger partial charge in [-0.2, -0.15) is 0 Å². The molecule has 1 fully saturated rings. The Hall–Kier alpha value is -1.17. The van der Waals surface area contributed by atoms with E-state index in [1.54, 1.807) is 12.4 Å². The van der Waals surface area contributed by atoms with Crippen molar-refractivity contribution in [3.8, 4) is 0 Å². The lowest BCUT2D eigenvalue weighted by atomic mass is 10.0. The zero-order valence-corrected chi connectivity index (χ0v) is 8.96. The van der Waals surface area contributed by atoms with Crippen molar-refractivity contribution in [1.82, 2.24) is 9.97 Å². The Bertz CT molecular complexity index is 450. The summed E-state index contributed by atoms with van der Waals surface area (Å²) in [6.07, 6.45) is 3.89. The molecule has 0 aliphatic carbocycles. The van der Waals surface area contributed by atoms with E-state index in [0.29, 0.717) is 12.2 Å². The molecule has 1 aliphatic rings. The molecule has 0 bridgehead atoms. The summed E-state index contributed by atoms with van der Waals surface area (Å²) in [7, 11) is -2.97. The summed E-state index contributed by atoms with van der Waals surface area (Å²) in [6.45, 7) is 0. The van der Waals surface area contributed by atoms with Crippen molar-refractivity contribution in [3.05, 3.63) is 18.2 Å². The number of carbonyl (C=O) groups excluding carboxylic acids is 1. The first kappa shape index (κ1) is 10.4. The van der Waals surface area contributed by atoms with Crippen molar-refractivity contribution >= 4 is 15.6 Å². The number of ketones is 1. The minimum Gasteiger partial charge on any atom is -0.348 e. The zero-order chi connectivity index (χ0) is 10.9. The Labute approximate surface area is 87.8 Å². The first-order valence-electron chi connectivity index (χ1n) is 4.78. The van der Waals surface area contributed by atoms with E-state index >= 15 is 0 Å². The molecular weight excluding hydrogens is 216 g/mol. The van der Waals surface area contributed by atoms with E-state index in [4.69, 9.17) is 0 Å². The van der Waals surface area contributed by atoms with Crippen molar-refractivity contribution in [2.24, 2.45) is 5.92 Å². The molecule has 1 N–H and O–H groups in total. The standard InChI is InChI=1S/C9H12N2O3S/c12-8(5-9-10-2-3-11-9)7-1-4-15(13,14)6-7/h2-3,7H,1,4-6H2,(H,10,11). The SMILES string of the molecule is O=C(Cc1ncc[nH]1)C1CCS(=O)(=O)C1. The van der Waals surface area contributed by atoms with Gasteiger partial charge < -0.3 is 4.98 Å². The van der Waals surface area contributed by atoms with Crippen LogP contribution in [0.4, 0.5) is 0 Å². The van der Waals surface area contributed by atoms with Gasteiger partial charge in [0.25, 0.3) is 0 Å². The van der Waals surface area contributed by atoms with E-state index in [9.17, 15) is 13.2 Å². The molecule has 2 heterocycles. The zero-order valence-electron chi connectivity index (χ0n) is 8.14. The summed E-state index contributed by atoms with van der Waals surface area (Å²) in [5, 5.41) is 0. The minimum absolute atomic E-state index is 0.00649. The maximum Gasteiger partial charge on any atom is 0.151 e. The van der Waals surface area contributed by atoms with Crippen LogP contribution in [0.15, 0.2) is 12.4 Å². The summed E-state index contributed by atoms with van der Waals surface area (Å²) < 4.78 is 22.3. The number of hydrogen-bond donors (Lipinski definition) is 1. The van der Waals surface area contributed by atoms with Crippen molar-refractivity contribution in [1.29, 1.82) is 0 Å². The summed E-state index contributed by atoms with van der Waals surface area (Å²) >= 11 is 0. The van der Waals surface area contributed by atoms with Gasteiger partial charge in [-0.3, -0.25) is 4.79 Å². The molecule has 1 unspecified atom stereocenters. The summed E-state index contributed by atoms with van der Waals surface area (Å²) in [5.74, 6) is 0.379. The third kappa shape index (κ3) is 2.44. The highest BCUT2D eigenvalue weighted by atomic mass is 32.2. The molecule has 6 heteroatoms. The Balaban J connectivity index is 1.99. The number of carbonyl (C=O) groups is 1. The van der Waals surface area contributed by atoms with Crippen molar-refractivity contribution in [2.75, 3.05) is 11.5 Å². The maximum atomic E-state index is 11.7. The van der Waals surface area contributed by atoms with Gasteiger partial charge in [-0.25, -0.2) is 13.4 Å². The van der Waals surface area contributed by atoms with E-state index in [1.807, 2.05) is 0 Å². The summed E-state index contributed by atoms with van der Waals surface area (Å²) in [6, 6.07) is 0. The van der Waals surface area contributed by atoms with E-state index in [0.717, 1.165) is 0 Å². The fraction of sp³-hybridized carbons (Fsp3) is 0.556. The third-order valence-corrected chi connectivity index (χ3v) is 4.35. The normalized spacial score (nSPS) is 24.1. The van der Waals surface area contributed by atoms with Gasteiger partial charge in [0.2, 0.25) is 0 Å². The number of nitrogens with zero attached hydrogens (tertiary/aromatic N) is 1. The predicted octanol–water partition coefficient (Wildman–Crippen LogP) is -0.0440. The van der Waals surface area contributed by atoms with Crippen molar-refractivity contribution < 1.29 is 13.2 Å². The first-order valence-corrected chi connectivity index (χ1v) is 6.60. The highest BCUT2D eigenvalue weighted by molar-refractivity contribution is 7.91. The second-order valence-corrected chi connectivity index (χ2v) is 6.01. The molecule has 0 amide bonds. The Morgan fingerprint density at radius 3 is 2.93 bits per heavy atom. The smallest absolute Gasteiger partial charge is 0.151 e. The summed E-state index contributed by atoms with van der Waals surface area (Å²) in [4.78, 5) is 18.4. The summed E-state index contributed by atoms with van der Waals surface area (Å²) in [5.41, 5.74) is 0. The number of aromatic amines is 1. The van der Waals surface area contributed by atoms with E-state index in [1.165, 1.54) is 0 Å². The largest absolute Gasteiger partial charge is 0.348 e. The number of aromatic nitrogens is 2. The fourth-order valence-electron chi connectivity index (χ4n) is 1.75. The second-order valence-electron chi connectivity index (χ2n) is 3.78. The highest BCUT2D eigenvalue weighted by Gasteiger charge is 2.32. The van der Waals surface area contributed by atoms with Crippen LogP contribution in [0.1, 0.15) is 12.2 Å². The van der Waals surface area contributed by atoms with Crippen LogP contribution in [0.2, 0.25) is 0 Å². The number of Topliss-reactive ketones (excluding diaryl/α,β-unsaturated/α-hetero) is 1. The topological polar surface area (TPSA) is 79.9 Å². The Morgan fingerprint density at radius 1 is 1.60 bits per heavy atom. The molecule has 1 saturated heterocycles. The number of imidazole rings is 1. The van der Waals surface area contributed by atoms with Crippen LogP contribution in [0.25, 0.3) is 0 Å².